The second kappa shape index (κ2) is 9.48. The van der Waals surface area contributed by atoms with Crippen LogP contribution in [0.1, 0.15) is 16.1 Å². The molecule has 2 aromatic carbocycles. The highest BCUT2D eigenvalue weighted by Gasteiger charge is 2.30. The minimum atomic E-state index is -3.76. The quantitative estimate of drug-likeness (QED) is 0.542. The Hall–Kier alpha value is -2.99. The Morgan fingerprint density at radius 2 is 1.48 bits per heavy atom. The number of hydrogen-bond acceptors (Lipinski definition) is 6. The first-order valence-electron chi connectivity index (χ1n) is 10.2. The Kier molecular flexibility index (Phi) is 6.66. The van der Waals surface area contributed by atoms with Crippen molar-refractivity contribution in [2.45, 2.75) is 16.3 Å². The number of hydrogen-bond donors (Lipinski definition) is 1. The molecule has 1 N–H and O–H groups in total. The van der Waals surface area contributed by atoms with Gasteiger partial charge in [0.2, 0.25) is 20.0 Å². The van der Waals surface area contributed by atoms with E-state index in [9.17, 15) is 21.6 Å². The lowest BCUT2D eigenvalue weighted by molar-refractivity contribution is 0.0698. The van der Waals surface area contributed by atoms with E-state index in [1.807, 2.05) is 0 Å². The standard InChI is InChI=1S/C22H23N3O6S2/c26-22(24-12-14-25(15-13-24)33(29,30)21-6-2-1-3-7-21)18-8-10-20(11-9-18)32(27,28)23-17-19-5-4-16-31-19/h1-11,16,23H,12-15,17H2. The van der Waals surface area contributed by atoms with Crippen molar-refractivity contribution < 1.29 is 26.0 Å². The van der Waals surface area contributed by atoms with Crippen LogP contribution >= 0.6 is 0 Å². The van der Waals surface area contributed by atoms with Crippen LogP contribution in [0, 0.1) is 0 Å². The van der Waals surface area contributed by atoms with Crippen molar-refractivity contribution >= 4 is 26.0 Å². The molecule has 1 amide bonds. The maximum absolute atomic E-state index is 12.8. The van der Waals surface area contributed by atoms with Crippen molar-refractivity contribution in [3.63, 3.8) is 0 Å². The van der Waals surface area contributed by atoms with Gasteiger partial charge >= 0.3 is 0 Å². The molecule has 1 aliphatic rings. The largest absolute Gasteiger partial charge is 0.468 e. The maximum atomic E-state index is 12.8. The molecule has 0 bridgehead atoms. The molecule has 1 aromatic heterocycles. The summed E-state index contributed by atoms with van der Waals surface area (Å²) in [5.74, 6) is 0.207. The van der Waals surface area contributed by atoms with Crippen LogP contribution in [-0.4, -0.2) is 58.1 Å². The van der Waals surface area contributed by atoms with E-state index >= 15 is 0 Å². The predicted molar refractivity (Wildman–Crippen MR) is 120 cm³/mol. The Labute approximate surface area is 192 Å². The summed E-state index contributed by atoms with van der Waals surface area (Å²) >= 11 is 0. The van der Waals surface area contributed by atoms with Gasteiger partial charge in [-0.1, -0.05) is 18.2 Å². The highest BCUT2D eigenvalue weighted by atomic mass is 32.2. The Morgan fingerprint density at radius 3 is 2.09 bits per heavy atom. The van der Waals surface area contributed by atoms with Crippen LogP contribution in [-0.2, 0) is 26.6 Å². The van der Waals surface area contributed by atoms with E-state index in [-0.39, 0.29) is 48.4 Å². The summed E-state index contributed by atoms with van der Waals surface area (Å²) in [5, 5.41) is 0. The van der Waals surface area contributed by atoms with Crippen molar-refractivity contribution in [3.05, 3.63) is 84.3 Å². The third-order valence-electron chi connectivity index (χ3n) is 5.33. The van der Waals surface area contributed by atoms with E-state index in [0.717, 1.165) is 0 Å². The van der Waals surface area contributed by atoms with Crippen LogP contribution < -0.4 is 4.72 Å². The number of benzene rings is 2. The van der Waals surface area contributed by atoms with Gasteiger partial charge < -0.3 is 9.32 Å². The molecule has 0 saturated carbocycles. The summed E-state index contributed by atoms with van der Waals surface area (Å²) in [7, 11) is -7.37. The van der Waals surface area contributed by atoms with Gasteiger partial charge in [0.1, 0.15) is 5.76 Å². The Bertz CT molecular complexity index is 1300. The molecule has 0 unspecified atom stereocenters. The van der Waals surface area contributed by atoms with Gasteiger partial charge in [0, 0.05) is 31.7 Å². The maximum Gasteiger partial charge on any atom is 0.253 e. The first-order chi connectivity index (χ1) is 15.8. The van der Waals surface area contributed by atoms with Crippen molar-refractivity contribution in [3.8, 4) is 0 Å². The van der Waals surface area contributed by atoms with Gasteiger partial charge in [-0.3, -0.25) is 4.79 Å². The van der Waals surface area contributed by atoms with Crippen molar-refractivity contribution in [1.82, 2.24) is 13.9 Å². The molecule has 174 valence electrons. The molecule has 0 spiro atoms. The first-order valence-corrected chi connectivity index (χ1v) is 13.2. The van der Waals surface area contributed by atoms with Gasteiger partial charge in [-0.05, 0) is 48.5 Å². The van der Waals surface area contributed by atoms with Crippen LogP contribution in [0.3, 0.4) is 0 Å². The normalized spacial score (nSPS) is 15.5. The van der Waals surface area contributed by atoms with Crippen molar-refractivity contribution in [2.24, 2.45) is 0 Å². The van der Waals surface area contributed by atoms with Gasteiger partial charge in [-0.2, -0.15) is 4.31 Å². The van der Waals surface area contributed by atoms with E-state index in [0.29, 0.717) is 11.3 Å². The zero-order chi connectivity index (χ0) is 23.5. The van der Waals surface area contributed by atoms with E-state index in [2.05, 4.69) is 4.72 Å². The molecule has 1 aliphatic heterocycles. The molecular formula is C22H23N3O6S2. The van der Waals surface area contributed by atoms with Gasteiger partial charge in [0.15, 0.2) is 0 Å². The predicted octanol–water partition coefficient (Wildman–Crippen LogP) is 1.90. The molecule has 0 radical (unpaired) electrons. The lowest BCUT2D eigenvalue weighted by Crippen LogP contribution is -2.50. The minimum absolute atomic E-state index is 0.0200. The molecule has 9 nitrogen and oxygen atoms in total. The SMILES string of the molecule is O=C(c1ccc(S(=O)(=O)NCc2ccco2)cc1)N1CCN(S(=O)(=O)c2ccccc2)CC1. The van der Waals surface area contributed by atoms with Gasteiger partial charge in [0.25, 0.3) is 5.91 Å². The van der Waals surface area contributed by atoms with Crippen molar-refractivity contribution in [2.75, 3.05) is 26.2 Å². The monoisotopic (exact) mass is 489 g/mol. The fourth-order valence-electron chi connectivity index (χ4n) is 3.49. The van der Waals surface area contributed by atoms with Crippen LogP contribution in [0.2, 0.25) is 0 Å². The topological polar surface area (TPSA) is 117 Å². The van der Waals surface area contributed by atoms with Gasteiger partial charge in [0.05, 0.1) is 22.6 Å². The molecule has 2 heterocycles. The number of amides is 1. The van der Waals surface area contributed by atoms with Gasteiger partial charge in [-0.15, -0.1) is 0 Å². The summed E-state index contributed by atoms with van der Waals surface area (Å²) in [6.07, 6.45) is 1.46. The van der Waals surface area contributed by atoms with Crippen LogP contribution in [0.4, 0.5) is 0 Å². The number of carbonyl (C=O) groups is 1. The number of rotatable bonds is 7. The molecule has 4 rings (SSSR count). The molecule has 1 saturated heterocycles. The van der Waals surface area contributed by atoms with Gasteiger partial charge in [-0.25, -0.2) is 21.6 Å². The Balaban J connectivity index is 1.37. The van der Waals surface area contributed by atoms with Crippen LogP contribution in [0.15, 0.2) is 87.2 Å². The molecule has 11 heteroatoms. The summed E-state index contributed by atoms with van der Waals surface area (Å²) in [6.45, 7) is 0.885. The molecule has 0 atom stereocenters. The minimum Gasteiger partial charge on any atom is -0.468 e. The zero-order valence-electron chi connectivity index (χ0n) is 17.6. The lowest BCUT2D eigenvalue weighted by atomic mass is 10.2. The summed E-state index contributed by atoms with van der Waals surface area (Å²) in [4.78, 5) is 14.7. The van der Waals surface area contributed by atoms with E-state index in [4.69, 9.17) is 4.42 Å². The number of nitrogens with zero attached hydrogens (tertiary/aromatic N) is 2. The summed E-state index contributed by atoms with van der Waals surface area (Å²) < 4.78 is 59.3. The first kappa shape index (κ1) is 23.2. The molecule has 3 aromatic rings. The number of piperazine rings is 1. The van der Waals surface area contributed by atoms with E-state index in [1.54, 1.807) is 47.4 Å². The third kappa shape index (κ3) is 5.17. The number of carbonyl (C=O) groups excluding carboxylic acids is 1. The smallest absolute Gasteiger partial charge is 0.253 e. The lowest BCUT2D eigenvalue weighted by Gasteiger charge is -2.34. The molecular weight excluding hydrogens is 466 g/mol. The number of furan rings is 1. The van der Waals surface area contributed by atoms with E-state index in [1.165, 1.54) is 34.8 Å². The molecule has 33 heavy (non-hydrogen) atoms. The fraction of sp³-hybridized carbons (Fsp3) is 0.227. The average molecular weight is 490 g/mol. The summed E-state index contributed by atoms with van der Waals surface area (Å²) in [5.41, 5.74) is 0.333. The second-order valence-electron chi connectivity index (χ2n) is 7.44. The fourth-order valence-corrected chi connectivity index (χ4v) is 5.93. The second-order valence-corrected chi connectivity index (χ2v) is 11.1. The van der Waals surface area contributed by atoms with Crippen LogP contribution in [0.5, 0.6) is 0 Å². The van der Waals surface area contributed by atoms with Crippen LogP contribution in [0.25, 0.3) is 0 Å². The molecule has 0 aliphatic carbocycles. The summed E-state index contributed by atoms with van der Waals surface area (Å²) in [6, 6.07) is 17.2. The highest BCUT2D eigenvalue weighted by Crippen LogP contribution is 2.19. The van der Waals surface area contributed by atoms with Crippen molar-refractivity contribution in [1.29, 1.82) is 0 Å². The van der Waals surface area contributed by atoms with E-state index < -0.39 is 20.0 Å². The Morgan fingerprint density at radius 1 is 0.818 bits per heavy atom. The average Bonchev–Trinajstić information content (AvgIpc) is 3.37. The third-order valence-corrected chi connectivity index (χ3v) is 8.66. The zero-order valence-corrected chi connectivity index (χ0v) is 19.3. The molecule has 1 fully saturated rings. The number of nitrogens with one attached hydrogen (secondary N) is 1. The number of sulfonamides is 2. The highest BCUT2D eigenvalue weighted by molar-refractivity contribution is 7.89.